The number of nitrogen functional groups attached to an aromatic ring is 1. The number of hydrogen-bond donors (Lipinski definition) is 1. The second-order valence-electron chi connectivity index (χ2n) is 5.06. The fraction of sp³-hybridized carbons (Fsp3) is 0.118. The van der Waals surface area contributed by atoms with Crippen molar-refractivity contribution in [2.45, 2.75) is 6.54 Å². The molecule has 1 aromatic heterocycles. The van der Waals surface area contributed by atoms with Gasteiger partial charge in [0, 0.05) is 35.3 Å². The van der Waals surface area contributed by atoms with Crippen molar-refractivity contribution >= 4 is 38.2 Å². The Labute approximate surface area is 132 Å². The van der Waals surface area contributed by atoms with Crippen LogP contribution in [0.5, 0.6) is 0 Å². The third-order valence-electron chi connectivity index (χ3n) is 3.53. The highest BCUT2D eigenvalue weighted by Gasteiger charge is 2.09. The van der Waals surface area contributed by atoms with Crippen LogP contribution in [0.2, 0.25) is 0 Å². The number of halogens is 1. The van der Waals surface area contributed by atoms with Gasteiger partial charge in [0.25, 0.3) is 0 Å². The first-order valence-corrected chi connectivity index (χ1v) is 7.53. The van der Waals surface area contributed by atoms with Crippen LogP contribution in [0.4, 0.5) is 11.4 Å². The molecule has 3 nitrogen and oxygen atoms in total. The molecule has 0 spiro atoms. The molecule has 106 valence electrons. The third-order valence-corrected chi connectivity index (χ3v) is 4.06. The Morgan fingerprint density at radius 2 is 1.86 bits per heavy atom. The number of nitrogens with zero attached hydrogens (tertiary/aromatic N) is 2. The molecule has 2 aromatic carbocycles. The molecule has 2 N–H and O–H groups in total. The molecular weight excluding hydrogens is 326 g/mol. The van der Waals surface area contributed by atoms with Gasteiger partial charge in [0.15, 0.2) is 0 Å². The average Bonchev–Trinajstić information content (AvgIpc) is 2.50. The maximum absolute atomic E-state index is 6.03. The highest BCUT2D eigenvalue weighted by atomic mass is 79.9. The molecule has 3 aromatic rings. The van der Waals surface area contributed by atoms with Crippen LogP contribution in [-0.4, -0.2) is 12.0 Å². The second kappa shape index (κ2) is 5.74. The van der Waals surface area contributed by atoms with Crippen LogP contribution >= 0.6 is 15.9 Å². The molecule has 0 fully saturated rings. The van der Waals surface area contributed by atoms with Crippen LogP contribution < -0.4 is 10.6 Å². The van der Waals surface area contributed by atoms with Gasteiger partial charge in [-0.25, -0.2) is 0 Å². The van der Waals surface area contributed by atoms with Gasteiger partial charge in [0.05, 0.1) is 11.2 Å². The summed E-state index contributed by atoms with van der Waals surface area (Å²) in [5.74, 6) is 0. The van der Waals surface area contributed by atoms with E-state index in [2.05, 4.69) is 57.1 Å². The number of hydrogen-bond acceptors (Lipinski definition) is 3. The first-order valence-electron chi connectivity index (χ1n) is 6.74. The van der Waals surface area contributed by atoms with Crippen LogP contribution in [0, 0.1) is 0 Å². The summed E-state index contributed by atoms with van der Waals surface area (Å²) in [6, 6.07) is 16.2. The predicted molar refractivity (Wildman–Crippen MR) is 92.4 cm³/mol. The molecule has 0 atom stereocenters. The van der Waals surface area contributed by atoms with Crippen molar-refractivity contribution < 1.29 is 0 Å². The molecular formula is C17H16BrN3. The van der Waals surface area contributed by atoms with Gasteiger partial charge in [-0.3, -0.25) is 4.98 Å². The van der Waals surface area contributed by atoms with E-state index in [1.165, 1.54) is 5.56 Å². The van der Waals surface area contributed by atoms with Crippen LogP contribution in [0.25, 0.3) is 10.9 Å². The predicted octanol–water partition coefficient (Wildman–Crippen LogP) is 4.22. The first kappa shape index (κ1) is 13.9. The Morgan fingerprint density at radius 1 is 1.10 bits per heavy atom. The van der Waals surface area contributed by atoms with Gasteiger partial charge in [-0.2, -0.15) is 0 Å². The summed E-state index contributed by atoms with van der Waals surface area (Å²) in [7, 11) is 2.07. The van der Waals surface area contributed by atoms with Gasteiger partial charge in [-0.15, -0.1) is 0 Å². The minimum atomic E-state index is 0.763. The lowest BCUT2D eigenvalue weighted by Crippen LogP contribution is -2.17. The molecule has 0 amide bonds. The quantitative estimate of drug-likeness (QED) is 0.725. The summed E-state index contributed by atoms with van der Waals surface area (Å²) in [4.78, 5) is 6.68. The van der Waals surface area contributed by atoms with Crippen molar-refractivity contribution in [1.29, 1.82) is 0 Å². The van der Waals surface area contributed by atoms with E-state index in [1.54, 1.807) is 6.20 Å². The standard InChI is InChI=1S/C17H16BrN3/c1-21(11-12-4-6-13(18)7-5-12)16-9-8-15(19)14-3-2-10-20-17(14)16/h2-10H,11,19H2,1H3. The maximum Gasteiger partial charge on any atom is 0.0955 e. The number of pyridine rings is 1. The fourth-order valence-corrected chi connectivity index (χ4v) is 2.70. The Hall–Kier alpha value is -2.07. The van der Waals surface area contributed by atoms with Gasteiger partial charge < -0.3 is 10.6 Å². The molecule has 21 heavy (non-hydrogen) atoms. The van der Waals surface area contributed by atoms with Crippen LogP contribution in [0.3, 0.4) is 0 Å². The van der Waals surface area contributed by atoms with Crippen LogP contribution in [-0.2, 0) is 6.54 Å². The van der Waals surface area contributed by atoms with Crippen molar-refractivity contribution in [1.82, 2.24) is 4.98 Å². The normalized spacial score (nSPS) is 10.8. The van der Waals surface area contributed by atoms with Crippen molar-refractivity contribution in [2.75, 3.05) is 17.7 Å². The molecule has 0 unspecified atom stereocenters. The van der Waals surface area contributed by atoms with Crippen LogP contribution in [0.15, 0.2) is 59.2 Å². The lowest BCUT2D eigenvalue weighted by atomic mass is 10.1. The van der Waals surface area contributed by atoms with E-state index in [0.717, 1.165) is 33.3 Å². The van der Waals surface area contributed by atoms with Gasteiger partial charge in [-0.05, 0) is 42.0 Å². The molecule has 0 radical (unpaired) electrons. The number of fused-ring (bicyclic) bond motifs is 1. The maximum atomic E-state index is 6.03. The molecule has 0 bridgehead atoms. The van der Waals surface area contributed by atoms with Crippen molar-refractivity contribution in [2.24, 2.45) is 0 Å². The average molecular weight is 342 g/mol. The molecule has 4 heteroatoms. The van der Waals surface area contributed by atoms with Crippen molar-refractivity contribution in [3.05, 3.63) is 64.8 Å². The second-order valence-corrected chi connectivity index (χ2v) is 5.97. The summed E-state index contributed by atoms with van der Waals surface area (Å²) in [5.41, 5.74) is 10.1. The number of benzene rings is 2. The Balaban J connectivity index is 1.96. The summed E-state index contributed by atoms with van der Waals surface area (Å²) < 4.78 is 1.09. The lowest BCUT2D eigenvalue weighted by Gasteiger charge is -2.21. The number of rotatable bonds is 3. The third kappa shape index (κ3) is 2.85. The summed E-state index contributed by atoms with van der Waals surface area (Å²) in [6.07, 6.45) is 1.80. The Kier molecular flexibility index (Phi) is 3.80. The Bertz CT molecular complexity index is 769. The minimum absolute atomic E-state index is 0.763. The molecule has 3 rings (SSSR count). The van der Waals surface area contributed by atoms with E-state index < -0.39 is 0 Å². The summed E-state index contributed by atoms with van der Waals surface area (Å²) in [5, 5.41) is 0.998. The van der Waals surface area contributed by atoms with E-state index in [0.29, 0.717) is 0 Å². The number of aromatic nitrogens is 1. The minimum Gasteiger partial charge on any atom is -0.398 e. The van der Waals surface area contributed by atoms with E-state index >= 15 is 0 Å². The van der Waals surface area contributed by atoms with Crippen molar-refractivity contribution in [3.63, 3.8) is 0 Å². The van der Waals surface area contributed by atoms with E-state index in [1.807, 2.05) is 24.3 Å². The van der Waals surface area contributed by atoms with Crippen LogP contribution in [0.1, 0.15) is 5.56 Å². The monoisotopic (exact) mass is 341 g/mol. The van der Waals surface area contributed by atoms with Gasteiger partial charge in [0.2, 0.25) is 0 Å². The Morgan fingerprint density at radius 3 is 2.62 bits per heavy atom. The number of nitrogens with two attached hydrogens (primary N) is 1. The fourth-order valence-electron chi connectivity index (χ4n) is 2.44. The van der Waals surface area contributed by atoms with E-state index in [9.17, 15) is 0 Å². The SMILES string of the molecule is CN(Cc1ccc(Br)cc1)c1ccc(N)c2cccnc12. The smallest absolute Gasteiger partial charge is 0.0955 e. The zero-order chi connectivity index (χ0) is 14.8. The zero-order valence-corrected chi connectivity index (χ0v) is 13.3. The van der Waals surface area contributed by atoms with Gasteiger partial charge in [-0.1, -0.05) is 28.1 Å². The van der Waals surface area contributed by atoms with Gasteiger partial charge in [0.1, 0.15) is 0 Å². The molecule has 0 aliphatic carbocycles. The zero-order valence-electron chi connectivity index (χ0n) is 11.8. The topological polar surface area (TPSA) is 42.1 Å². The molecule has 1 heterocycles. The highest BCUT2D eigenvalue weighted by Crippen LogP contribution is 2.29. The van der Waals surface area contributed by atoms with E-state index in [-0.39, 0.29) is 0 Å². The highest BCUT2D eigenvalue weighted by molar-refractivity contribution is 9.10. The summed E-state index contributed by atoms with van der Waals surface area (Å²) in [6.45, 7) is 0.822. The first-order chi connectivity index (χ1) is 10.1. The summed E-state index contributed by atoms with van der Waals surface area (Å²) >= 11 is 3.46. The van der Waals surface area contributed by atoms with Crippen molar-refractivity contribution in [3.8, 4) is 0 Å². The lowest BCUT2D eigenvalue weighted by molar-refractivity contribution is 0.926. The van der Waals surface area contributed by atoms with E-state index in [4.69, 9.17) is 5.73 Å². The molecule has 0 aliphatic heterocycles. The van der Waals surface area contributed by atoms with Gasteiger partial charge >= 0.3 is 0 Å². The molecule has 0 saturated carbocycles. The molecule has 0 saturated heterocycles. The largest absolute Gasteiger partial charge is 0.398 e. The molecule has 0 aliphatic rings. The number of anilines is 2.